The Morgan fingerprint density at radius 2 is 1.84 bits per heavy atom. The lowest BCUT2D eigenvalue weighted by Gasteiger charge is -2.40. The molecule has 2 bridgehead atoms. The Morgan fingerprint density at radius 3 is 2.50 bits per heavy atom. The standard InChI is InChI=1S/C27H30F3N5O3/c1-26(2,38-22-5-3-4-21-20(22)10-11-31-21)25(37)34-17-12-18-7-8-19(13-17)35(18)23-9-6-16(14-32-23)24(36)33-15-27(28,29)30/h3-6,9-11,14,17-19,31H,7-8,12-13,15H2,1-2H3,(H,33,36)(H,34,37). The molecular weight excluding hydrogens is 499 g/mol. The van der Waals surface area contributed by atoms with Gasteiger partial charge in [-0.25, -0.2) is 4.98 Å². The van der Waals surface area contributed by atoms with E-state index in [0.29, 0.717) is 11.6 Å². The fourth-order valence-electron chi connectivity index (χ4n) is 5.45. The van der Waals surface area contributed by atoms with E-state index in [4.69, 9.17) is 4.74 Å². The number of fused-ring (bicyclic) bond motifs is 3. The number of anilines is 1. The zero-order chi connectivity index (χ0) is 27.1. The van der Waals surface area contributed by atoms with Gasteiger partial charge in [0.25, 0.3) is 11.8 Å². The van der Waals surface area contributed by atoms with Gasteiger partial charge >= 0.3 is 6.18 Å². The van der Waals surface area contributed by atoms with E-state index in [-0.39, 0.29) is 29.6 Å². The molecule has 0 aliphatic carbocycles. The number of carbonyl (C=O) groups is 2. The number of piperidine rings is 1. The van der Waals surface area contributed by atoms with Crippen molar-refractivity contribution in [2.75, 3.05) is 11.4 Å². The van der Waals surface area contributed by atoms with E-state index < -0.39 is 24.2 Å². The molecule has 38 heavy (non-hydrogen) atoms. The van der Waals surface area contributed by atoms with Crippen LogP contribution < -0.4 is 20.3 Å². The number of hydrogen-bond donors (Lipinski definition) is 3. The second-order valence-electron chi connectivity index (χ2n) is 10.4. The molecule has 11 heteroatoms. The van der Waals surface area contributed by atoms with E-state index in [0.717, 1.165) is 36.6 Å². The molecule has 2 fully saturated rings. The Kier molecular flexibility index (Phi) is 6.70. The van der Waals surface area contributed by atoms with Gasteiger partial charge in [0.05, 0.1) is 5.56 Å². The highest BCUT2D eigenvalue weighted by Crippen LogP contribution is 2.39. The number of rotatable bonds is 7. The molecule has 1 aromatic carbocycles. The summed E-state index contributed by atoms with van der Waals surface area (Å²) < 4.78 is 43.3. The van der Waals surface area contributed by atoms with E-state index in [1.54, 1.807) is 19.9 Å². The topological polar surface area (TPSA) is 99.4 Å². The van der Waals surface area contributed by atoms with E-state index >= 15 is 0 Å². The predicted octanol–water partition coefficient (Wildman–Crippen LogP) is 4.33. The summed E-state index contributed by atoms with van der Waals surface area (Å²) in [5.74, 6) is 0.317. The fourth-order valence-corrected chi connectivity index (χ4v) is 5.45. The van der Waals surface area contributed by atoms with Crippen LogP contribution >= 0.6 is 0 Å². The van der Waals surface area contributed by atoms with Gasteiger partial charge in [0, 0.05) is 41.4 Å². The zero-order valence-electron chi connectivity index (χ0n) is 21.1. The monoisotopic (exact) mass is 529 g/mol. The van der Waals surface area contributed by atoms with Gasteiger partial charge in [0.2, 0.25) is 0 Å². The van der Waals surface area contributed by atoms with Gasteiger partial charge in [-0.05, 0) is 69.9 Å². The Morgan fingerprint density at radius 1 is 1.11 bits per heavy atom. The van der Waals surface area contributed by atoms with Crippen molar-refractivity contribution in [1.82, 2.24) is 20.6 Å². The smallest absolute Gasteiger partial charge is 0.405 e. The van der Waals surface area contributed by atoms with Crippen molar-refractivity contribution in [3.8, 4) is 5.75 Å². The summed E-state index contributed by atoms with van der Waals surface area (Å²) >= 11 is 0. The Hall–Kier alpha value is -3.76. The van der Waals surface area contributed by atoms with Crippen molar-refractivity contribution >= 4 is 28.5 Å². The van der Waals surface area contributed by atoms with E-state index in [1.807, 2.05) is 35.8 Å². The van der Waals surface area contributed by atoms with Gasteiger partial charge < -0.3 is 25.3 Å². The summed E-state index contributed by atoms with van der Waals surface area (Å²) in [6.07, 6.45) is 2.03. The number of amides is 2. The molecule has 2 aromatic heterocycles. The first-order valence-electron chi connectivity index (χ1n) is 12.7. The van der Waals surface area contributed by atoms with Crippen LogP contribution in [0.2, 0.25) is 0 Å². The normalized spacial score (nSPS) is 21.4. The highest BCUT2D eigenvalue weighted by atomic mass is 19.4. The number of H-pyrrole nitrogens is 1. The first kappa shape index (κ1) is 25.9. The summed E-state index contributed by atoms with van der Waals surface area (Å²) in [5.41, 5.74) is -0.0671. The molecule has 3 aromatic rings. The highest BCUT2D eigenvalue weighted by molar-refractivity contribution is 5.94. The maximum atomic E-state index is 13.2. The van der Waals surface area contributed by atoms with E-state index in [9.17, 15) is 22.8 Å². The molecule has 2 amide bonds. The number of benzene rings is 1. The van der Waals surface area contributed by atoms with Crippen LogP contribution in [-0.4, -0.2) is 58.2 Å². The number of aromatic amines is 1. The Bertz CT molecular complexity index is 1310. The van der Waals surface area contributed by atoms with Crippen molar-refractivity contribution in [3.05, 3.63) is 54.4 Å². The molecule has 0 radical (unpaired) electrons. The van der Waals surface area contributed by atoms with Crippen molar-refractivity contribution < 1.29 is 27.5 Å². The Labute approximate surface area is 217 Å². The highest BCUT2D eigenvalue weighted by Gasteiger charge is 2.43. The van der Waals surface area contributed by atoms with Gasteiger partial charge in [0.15, 0.2) is 5.60 Å². The molecule has 3 N–H and O–H groups in total. The lowest BCUT2D eigenvalue weighted by Crippen LogP contribution is -2.55. The summed E-state index contributed by atoms with van der Waals surface area (Å²) in [6, 6.07) is 11.1. The number of nitrogens with one attached hydrogen (secondary N) is 3. The van der Waals surface area contributed by atoms with Gasteiger partial charge in [-0.15, -0.1) is 0 Å². The molecule has 2 aliphatic rings. The maximum Gasteiger partial charge on any atom is 0.405 e. The fraction of sp³-hybridized carbons (Fsp3) is 0.444. The average Bonchev–Trinajstić information content (AvgIpc) is 3.45. The lowest BCUT2D eigenvalue weighted by molar-refractivity contribution is -0.135. The number of hydrogen-bond acceptors (Lipinski definition) is 5. The molecule has 2 unspecified atom stereocenters. The number of aromatic nitrogens is 2. The predicted molar refractivity (Wildman–Crippen MR) is 136 cm³/mol. The number of alkyl halides is 3. The third kappa shape index (κ3) is 5.41. The Balaban J connectivity index is 1.20. The number of nitrogens with zero attached hydrogens (tertiary/aromatic N) is 2. The van der Waals surface area contributed by atoms with Gasteiger partial charge in [-0.3, -0.25) is 9.59 Å². The van der Waals surface area contributed by atoms with Crippen LogP contribution in [0, 0.1) is 0 Å². The molecule has 2 saturated heterocycles. The first-order valence-corrected chi connectivity index (χ1v) is 12.7. The van der Waals surface area contributed by atoms with Crippen LogP contribution in [0.15, 0.2) is 48.8 Å². The lowest BCUT2D eigenvalue weighted by atomic mass is 9.96. The number of pyridine rings is 1. The number of halogens is 3. The molecule has 8 nitrogen and oxygen atoms in total. The number of ether oxygens (including phenoxy) is 1. The molecule has 0 saturated carbocycles. The van der Waals surface area contributed by atoms with Crippen LogP contribution in [0.1, 0.15) is 49.9 Å². The quantitative estimate of drug-likeness (QED) is 0.423. The van der Waals surface area contributed by atoms with Crippen LogP contribution in [0.4, 0.5) is 19.0 Å². The molecular formula is C27H30F3N5O3. The molecule has 4 heterocycles. The first-order chi connectivity index (χ1) is 18.0. The van der Waals surface area contributed by atoms with Gasteiger partial charge in [-0.2, -0.15) is 13.2 Å². The second kappa shape index (κ2) is 9.85. The van der Waals surface area contributed by atoms with Gasteiger partial charge in [0.1, 0.15) is 18.1 Å². The molecule has 202 valence electrons. The molecule has 2 aliphatic heterocycles. The van der Waals surface area contributed by atoms with Crippen LogP contribution in [0.25, 0.3) is 10.9 Å². The number of carbonyl (C=O) groups excluding carboxylic acids is 2. The third-order valence-corrected chi connectivity index (χ3v) is 7.26. The summed E-state index contributed by atoms with van der Waals surface area (Å²) in [7, 11) is 0. The van der Waals surface area contributed by atoms with Crippen molar-refractivity contribution in [1.29, 1.82) is 0 Å². The van der Waals surface area contributed by atoms with Crippen LogP contribution in [0.5, 0.6) is 5.75 Å². The SMILES string of the molecule is CC(C)(Oc1cccc2[nH]ccc12)C(=O)NC1CC2CCC(C1)N2c1ccc(C(=O)NCC(F)(F)F)cn1. The molecule has 2 atom stereocenters. The van der Waals surface area contributed by atoms with Crippen molar-refractivity contribution in [3.63, 3.8) is 0 Å². The minimum Gasteiger partial charge on any atom is -0.477 e. The van der Waals surface area contributed by atoms with Crippen molar-refractivity contribution in [2.45, 2.75) is 69.4 Å². The largest absolute Gasteiger partial charge is 0.477 e. The van der Waals surface area contributed by atoms with Crippen LogP contribution in [0.3, 0.4) is 0 Å². The van der Waals surface area contributed by atoms with E-state index in [1.165, 1.54) is 12.3 Å². The zero-order valence-corrected chi connectivity index (χ0v) is 21.1. The summed E-state index contributed by atoms with van der Waals surface area (Å²) in [6.45, 7) is 2.13. The third-order valence-electron chi connectivity index (χ3n) is 7.26. The van der Waals surface area contributed by atoms with Crippen LogP contribution in [-0.2, 0) is 4.79 Å². The second-order valence-corrected chi connectivity index (χ2v) is 10.4. The average molecular weight is 530 g/mol. The summed E-state index contributed by atoms with van der Waals surface area (Å²) in [5, 5.41) is 5.95. The maximum absolute atomic E-state index is 13.2. The molecule has 5 rings (SSSR count). The summed E-state index contributed by atoms with van der Waals surface area (Å²) in [4.78, 5) is 35.0. The minimum absolute atomic E-state index is 0.0189. The van der Waals surface area contributed by atoms with Crippen molar-refractivity contribution in [2.24, 2.45) is 0 Å². The van der Waals surface area contributed by atoms with E-state index in [2.05, 4.69) is 20.2 Å². The minimum atomic E-state index is -4.47. The van der Waals surface area contributed by atoms with Gasteiger partial charge in [-0.1, -0.05) is 6.07 Å². The molecule has 0 spiro atoms.